The summed E-state index contributed by atoms with van der Waals surface area (Å²) in [5.41, 5.74) is 6.55. The molecular formula is C30H30N6O2. The Morgan fingerprint density at radius 3 is 2.03 bits per heavy atom. The summed E-state index contributed by atoms with van der Waals surface area (Å²) in [6, 6.07) is 22.0. The van der Waals surface area contributed by atoms with Crippen molar-refractivity contribution in [3.8, 4) is 33.6 Å². The standard InChI is InChI=1S/C30H30N6O2/c1-3-20(25-15-33-29(35-25)27-17-37-11-9-31-27)4-2-19(1)21-5-6-23-14-24(8-7-22(23)13-21)26-16-34-30(36-26)28-18-38-12-10-32-28/h1-8,13-16,27-28,31-32H,9-12,17-18H2,(H,33,35)(H,34,36)/t27-,28-/m0/s1. The minimum atomic E-state index is 0.116. The first-order valence-electron chi connectivity index (χ1n) is 13.2. The van der Waals surface area contributed by atoms with Crippen LogP contribution in [0.25, 0.3) is 44.4 Å². The SMILES string of the molecule is c1cc(-c2cnc([C@@H]3COCCN3)[nH]2)ccc1-c1ccc2cc(-c3c[nH]c([C@@H]4COCCN4)n3)ccc2c1. The number of hydrogen-bond acceptors (Lipinski definition) is 6. The number of benzene rings is 3. The van der Waals surface area contributed by atoms with Crippen LogP contribution in [0.4, 0.5) is 0 Å². The van der Waals surface area contributed by atoms with Crippen molar-refractivity contribution in [3.05, 3.63) is 84.7 Å². The second kappa shape index (κ2) is 10.2. The van der Waals surface area contributed by atoms with Crippen LogP contribution in [-0.2, 0) is 9.47 Å². The number of rotatable bonds is 5. The maximum absolute atomic E-state index is 5.58. The van der Waals surface area contributed by atoms with Crippen molar-refractivity contribution in [1.82, 2.24) is 30.6 Å². The van der Waals surface area contributed by atoms with E-state index in [0.717, 1.165) is 60.5 Å². The normalized spacial score (nSPS) is 20.1. The van der Waals surface area contributed by atoms with Gasteiger partial charge in [0.2, 0.25) is 0 Å². The Kier molecular flexibility index (Phi) is 6.23. The predicted molar refractivity (Wildman–Crippen MR) is 148 cm³/mol. The summed E-state index contributed by atoms with van der Waals surface area (Å²) in [4.78, 5) is 16.2. The second-order valence-corrected chi connectivity index (χ2v) is 9.87. The first-order chi connectivity index (χ1) is 18.8. The Balaban J connectivity index is 1.09. The van der Waals surface area contributed by atoms with Gasteiger partial charge in [-0.2, -0.15) is 0 Å². The fourth-order valence-corrected chi connectivity index (χ4v) is 5.23. The minimum absolute atomic E-state index is 0.116. The molecule has 2 atom stereocenters. The van der Waals surface area contributed by atoms with Crippen molar-refractivity contribution < 1.29 is 9.47 Å². The van der Waals surface area contributed by atoms with Crippen LogP contribution in [0.5, 0.6) is 0 Å². The number of aromatic amines is 2. The molecule has 192 valence electrons. The average molecular weight is 507 g/mol. The van der Waals surface area contributed by atoms with Gasteiger partial charge in [-0.15, -0.1) is 0 Å². The molecule has 4 N–H and O–H groups in total. The molecule has 2 aliphatic rings. The molecule has 3 aromatic carbocycles. The first-order valence-corrected chi connectivity index (χ1v) is 13.2. The zero-order valence-corrected chi connectivity index (χ0v) is 21.0. The number of nitrogens with zero attached hydrogens (tertiary/aromatic N) is 2. The Morgan fingerprint density at radius 1 is 0.684 bits per heavy atom. The van der Waals surface area contributed by atoms with Gasteiger partial charge < -0.3 is 30.1 Å². The molecule has 0 radical (unpaired) electrons. The minimum Gasteiger partial charge on any atom is -0.378 e. The zero-order chi connectivity index (χ0) is 25.3. The summed E-state index contributed by atoms with van der Waals surface area (Å²) in [5, 5.41) is 9.28. The molecule has 2 aliphatic heterocycles. The van der Waals surface area contributed by atoms with Crippen molar-refractivity contribution in [2.24, 2.45) is 0 Å². The number of hydrogen-bond donors (Lipinski definition) is 4. The number of H-pyrrole nitrogens is 2. The van der Waals surface area contributed by atoms with Crippen molar-refractivity contribution >= 4 is 10.8 Å². The predicted octanol–water partition coefficient (Wildman–Crippen LogP) is 4.61. The van der Waals surface area contributed by atoms with E-state index in [1.54, 1.807) is 0 Å². The van der Waals surface area contributed by atoms with Crippen LogP contribution in [0.1, 0.15) is 23.7 Å². The molecule has 0 bridgehead atoms. The van der Waals surface area contributed by atoms with Gasteiger partial charge >= 0.3 is 0 Å². The van der Waals surface area contributed by atoms with E-state index < -0.39 is 0 Å². The van der Waals surface area contributed by atoms with Gasteiger partial charge in [0.1, 0.15) is 11.6 Å². The van der Waals surface area contributed by atoms with Crippen LogP contribution in [0.3, 0.4) is 0 Å². The van der Waals surface area contributed by atoms with Gasteiger partial charge in [-0.1, -0.05) is 48.5 Å². The van der Waals surface area contributed by atoms with Crippen molar-refractivity contribution in [2.75, 3.05) is 39.5 Å². The van der Waals surface area contributed by atoms with Crippen LogP contribution < -0.4 is 10.6 Å². The Labute approximate surface area is 220 Å². The summed E-state index contributed by atoms with van der Waals surface area (Å²) >= 11 is 0. The molecule has 38 heavy (non-hydrogen) atoms. The third-order valence-electron chi connectivity index (χ3n) is 7.36. The van der Waals surface area contributed by atoms with Gasteiger partial charge in [-0.05, 0) is 39.6 Å². The maximum Gasteiger partial charge on any atom is 0.126 e. The molecule has 0 unspecified atom stereocenters. The molecule has 0 saturated carbocycles. The lowest BCUT2D eigenvalue weighted by molar-refractivity contribution is 0.0744. The van der Waals surface area contributed by atoms with Crippen molar-refractivity contribution in [3.63, 3.8) is 0 Å². The Morgan fingerprint density at radius 2 is 1.32 bits per heavy atom. The third-order valence-corrected chi connectivity index (χ3v) is 7.36. The molecule has 8 nitrogen and oxygen atoms in total. The van der Waals surface area contributed by atoms with Gasteiger partial charge in [0.15, 0.2) is 0 Å². The summed E-state index contributed by atoms with van der Waals surface area (Å²) < 4.78 is 11.1. The Hall–Kier alpha value is -3.82. The molecule has 4 heterocycles. The van der Waals surface area contributed by atoms with Crippen LogP contribution in [0.2, 0.25) is 0 Å². The lowest BCUT2D eigenvalue weighted by atomic mass is 9.98. The lowest BCUT2D eigenvalue weighted by Gasteiger charge is -2.21. The zero-order valence-electron chi connectivity index (χ0n) is 21.0. The topological polar surface area (TPSA) is 99.9 Å². The van der Waals surface area contributed by atoms with Gasteiger partial charge in [-0.25, -0.2) is 9.97 Å². The highest BCUT2D eigenvalue weighted by Crippen LogP contribution is 2.30. The smallest absolute Gasteiger partial charge is 0.126 e. The number of ether oxygens (including phenoxy) is 2. The highest BCUT2D eigenvalue weighted by molar-refractivity contribution is 5.90. The summed E-state index contributed by atoms with van der Waals surface area (Å²) in [7, 11) is 0. The van der Waals surface area contributed by atoms with E-state index in [2.05, 4.69) is 86.2 Å². The molecule has 0 spiro atoms. The van der Waals surface area contributed by atoms with Gasteiger partial charge in [0.25, 0.3) is 0 Å². The van der Waals surface area contributed by atoms with E-state index in [-0.39, 0.29) is 12.1 Å². The monoisotopic (exact) mass is 506 g/mol. The van der Waals surface area contributed by atoms with Crippen molar-refractivity contribution in [2.45, 2.75) is 12.1 Å². The average Bonchev–Trinajstić information content (AvgIpc) is 3.69. The first kappa shape index (κ1) is 23.3. The van der Waals surface area contributed by atoms with E-state index in [1.165, 1.54) is 21.9 Å². The molecular weight excluding hydrogens is 476 g/mol. The number of aromatic nitrogens is 4. The summed E-state index contributed by atoms with van der Waals surface area (Å²) in [5.74, 6) is 1.84. The van der Waals surface area contributed by atoms with E-state index in [1.807, 2.05) is 12.4 Å². The highest BCUT2D eigenvalue weighted by atomic mass is 16.5. The summed E-state index contributed by atoms with van der Waals surface area (Å²) in [6.45, 7) is 4.48. The molecule has 2 aromatic heterocycles. The highest BCUT2D eigenvalue weighted by Gasteiger charge is 2.20. The summed E-state index contributed by atoms with van der Waals surface area (Å²) in [6.07, 6.45) is 3.88. The number of imidazole rings is 2. The van der Waals surface area contributed by atoms with Crippen LogP contribution in [0, 0.1) is 0 Å². The molecule has 5 aromatic rings. The molecule has 2 saturated heterocycles. The molecule has 8 heteroatoms. The number of nitrogens with one attached hydrogen (secondary N) is 4. The largest absolute Gasteiger partial charge is 0.378 e. The van der Waals surface area contributed by atoms with Gasteiger partial charge in [-0.3, -0.25) is 0 Å². The van der Waals surface area contributed by atoms with Crippen LogP contribution in [-0.4, -0.2) is 59.5 Å². The second-order valence-electron chi connectivity index (χ2n) is 9.87. The molecule has 0 amide bonds. The van der Waals surface area contributed by atoms with E-state index >= 15 is 0 Å². The maximum atomic E-state index is 5.58. The van der Waals surface area contributed by atoms with Crippen LogP contribution in [0.15, 0.2) is 73.1 Å². The third kappa shape index (κ3) is 4.63. The van der Waals surface area contributed by atoms with E-state index in [4.69, 9.17) is 14.5 Å². The van der Waals surface area contributed by atoms with E-state index in [0.29, 0.717) is 13.2 Å². The van der Waals surface area contributed by atoms with Gasteiger partial charge in [0, 0.05) is 24.8 Å². The quantitative estimate of drug-likeness (QED) is 0.278. The van der Waals surface area contributed by atoms with Crippen LogP contribution >= 0.6 is 0 Å². The molecule has 0 aliphatic carbocycles. The van der Waals surface area contributed by atoms with Gasteiger partial charge in [0.05, 0.1) is 56.1 Å². The van der Waals surface area contributed by atoms with Crippen molar-refractivity contribution in [1.29, 1.82) is 0 Å². The number of fused-ring (bicyclic) bond motifs is 1. The molecule has 2 fully saturated rings. The fraction of sp³-hybridized carbons (Fsp3) is 0.267. The number of morpholine rings is 2. The fourth-order valence-electron chi connectivity index (χ4n) is 5.23. The lowest BCUT2D eigenvalue weighted by Crippen LogP contribution is -2.35. The Bertz CT molecular complexity index is 1540. The molecule has 7 rings (SSSR count). The van der Waals surface area contributed by atoms with E-state index in [9.17, 15) is 0 Å².